The average molecular weight is 436 g/mol. The Morgan fingerprint density at radius 1 is 1.14 bits per heavy atom. The van der Waals surface area contributed by atoms with E-state index in [1.54, 1.807) is 25.1 Å². The van der Waals surface area contributed by atoms with Gasteiger partial charge in [-0.1, -0.05) is 29.8 Å². The summed E-state index contributed by atoms with van der Waals surface area (Å²) in [5.41, 5.74) is 2.56. The van der Waals surface area contributed by atoms with Gasteiger partial charge in [0, 0.05) is 35.6 Å². The van der Waals surface area contributed by atoms with E-state index in [1.807, 2.05) is 17.5 Å². The molecule has 0 bridgehead atoms. The highest BCUT2D eigenvalue weighted by molar-refractivity contribution is 7.89. The standard InChI is InChI=1S/C19H18ClN3O3S2/c1-12-4-9-15(28(25,26)23(2)3)10-16(12)18(24)22-19-21-17(11-27-19)13-5-7-14(20)8-6-13/h4-11H,1-3H3,(H,21,22,24). The van der Waals surface area contributed by atoms with Crippen molar-refractivity contribution in [1.82, 2.24) is 9.29 Å². The second kappa shape index (κ2) is 8.00. The van der Waals surface area contributed by atoms with Crippen molar-refractivity contribution in [2.24, 2.45) is 0 Å². The molecule has 0 aliphatic heterocycles. The molecule has 9 heteroatoms. The van der Waals surface area contributed by atoms with Gasteiger partial charge in [-0.25, -0.2) is 17.7 Å². The number of hydrogen-bond acceptors (Lipinski definition) is 5. The summed E-state index contributed by atoms with van der Waals surface area (Å²) in [6, 6.07) is 11.7. The average Bonchev–Trinajstić information content (AvgIpc) is 3.10. The van der Waals surface area contributed by atoms with Gasteiger partial charge in [-0.3, -0.25) is 10.1 Å². The molecule has 28 heavy (non-hydrogen) atoms. The predicted octanol–water partition coefficient (Wildman–Crippen LogP) is 4.27. The van der Waals surface area contributed by atoms with Crippen LogP contribution < -0.4 is 5.32 Å². The summed E-state index contributed by atoms with van der Waals surface area (Å²) in [5.74, 6) is -0.412. The van der Waals surface area contributed by atoms with Crippen molar-refractivity contribution in [3.8, 4) is 11.3 Å². The first kappa shape index (κ1) is 20.5. The van der Waals surface area contributed by atoms with E-state index in [9.17, 15) is 13.2 Å². The van der Waals surface area contributed by atoms with Crippen molar-refractivity contribution < 1.29 is 13.2 Å². The molecule has 0 radical (unpaired) electrons. The molecule has 1 N–H and O–H groups in total. The van der Waals surface area contributed by atoms with Gasteiger partial charge >= 0.3 is 0 Å². The smallest absolute Gasteiger partial charge is 0.257 e. The highest BCUT2D eigenvalue weighted by Crippen LogP contribution is 2.27. The maximum Gasteiger partial charge on any atom is 0.257 e. The molecular formula is C19H18ClN3O3S2. The van der Waals surface area contributed by atoms with Gasteiger partial charge in [0.25, 0.3) is 5.91 Å². The van der Waals surface area contributed by atoms with Crippen LogP contribution in [0, 0.1) is 6.92 Å². The zero-order chi connectivity index (χ0) is 20.5. The Kier molecular flexibility index (Phi) is 5.85. The maximum absolute atomic E-state index is 12.7. The lowest BCUT2D eigenvalue weighted by Gasteiger charge is -2.13. The molecule has 3 rings (SSSR count). The molecule has 2 aromatic carbocycles. The molecule has 6 nitrogen and oxygen atoms in total. The second-order valence-corrected chi connectivity index (χ2v) is 9.71. The third-order valence-corrected chi connectivity index (χ3v) is 6.92. The lowest BCUT2D eigenvalue weighted by Crippen LogP contribution is -2.23. The van der Waals surface area contributed by atoms with Gasteiger partial charge in [-0.05, 0) is 36.8 Å². The minimum absolute atomic E-state index is 0.0641. The second-order valence-electron chi connectivity index (χ2n) is 6.26. The fourth-order valence-electron chi connectivity index (χ4n) is 2.47. The summed E-state index contributed by atoms with van der Waals surface area (Å²) in [6.45, 7) is 1.75. The molecule has 1 amide bonds. The van der Waals surface area contributed by atoms with Crippen molar-refractivity contribution in [3.05, 3.63) is 64.0 Å². The Labute approximate surface area is 172 Å². The first-order valence-electron chi connectivity index (χ1n) is 8.24. The zero-order valence-corrected chi connectivity index (χ0v) is 17.8. The maximum atomic E-state index is 12.7. The van der Waals surface area contributed by atoms with Crippen LogP contribution in [-0.4, -0.2) is 37.7 Å². The van der Waals surface area contributed by atoms with Gasteiger partial charge < -0.3 is 0 Å². The highest BCUT2D eigenvalue weighted by atomic mass is 35.5. The van der Waals surface area contributed by atoms with Crippen LogP contribution in [0.15, 0.2) is 52.7 Å². The topological polar surface area (TPSA) is 79.4 Å². The van der Waals surface area contributed by atoms with E-state index in [0.717, 1.165) is 15.6 Å². The van der Waals surface area contributed by atoms with Crippen LogP contribution in [0.5, 0.6) is 0 Å². The van der Waals surface area contributed by atoms with E-state index >= 15 is 0 Å². The van der Waals surface area contributed by atoms with E-state index in [-0.39, 0.29) is 10.5 Å². The molecule has 146 valence electrons. The zero-order valence-electron chi connectivity index (χ0n) is 15.4. The van der Waals surface area contributed by atoms with Crippen molar-refractivity contribution in [2.75, 3.05) is 19.4 Å². The molecule has 3 aromatic rings. The molecule has 0 atom stereocenters. The number of anilines is 1. The minimum Gasteiger partial charge on any atom is -0.298 e. The van der Waals surface area contributed by atoms with Crippen LogP contribution in [0.3, 0.4) is 0 Å². The number of aryl methyl sites for hydroxylation is 1. The molecule has 0 fully saturated rings. The van der Waals surface area contributed by atoms with Crippen molar-refractivity contribution in [3.63, 3.8) is 0 Å². The number of aromatic nitrogens is 1. The first-order chi connectivity index (χ1) is 13.2. The van der Waals surface area contributed by atoms with Crippen LogP contribution in [0.4, 0.5) is 5.13 Å². The number of benzene rings is 2. The lowest BCUT2D eigenvalue weighted by molar-refractivity contribution is 0.102. The molecule has 0 spiro atoms. The third-order valence-electron chi connectivity index (χ3n) is 4.10. The summed E-state index contributed by atoms with van der Waals surface area (Å²) in [4.78, 5) is 17.2. The number of amides is 1. The molecule has 1 heterocycles. The van der Waals surface area contributed by atoms with Crippen LogP contribution in [-0.2, 0) is 10.0 Å². The lowest BCUT2D eigenvalue weighted by atomic mass is 10.1. The van der Waals surface area contributed by atoms with Gasteiger partial charge in [0.2, 0.25) is 10.0 Å². The number of hydrogen-bond donors (Lipinski definition) is 1. The molecule has 0 saturated heterocycles. The van der Waals surface area contributed by atoms with Gasteiger partial charge in [0.05, 0.1) is 10.6 Å². The van der Waals surface area contributed by atoms with E-state index < -0.39 is 15.9 Å². The number of thiazole rings is 1. The van der Waals surface area contributed by atoms with E-state index in [0.29, 0.717) is 15.7 Å². The third kappa shape index (κ3) is 4.25. The monoisotopic (exact) mass is 435 g/mol. The number of sulfonamides is 1. The number of carbonyl (C=O) groups excluding carboxylic acids is 1. The quantitative estimate of drug-likeness (QED) is 0.648. The largest absolute Gasteiger partial charge is 0.298 e. The normalized spacial score (nSPS) is 11.6. The molecule has 0 aliphatic carbocycles. The summed E-state index contributed by atoms with van der Waals surface area (Å²) in [5, 5.41) is 5.64. The Bertz CT molecular complexity index is 1120. The number of halogens is 1. The summed E-state index contributed by atoms with van der Waals surface area (Å²) in [7, 11) is -0.734. The SMILES string of the molecule is Cc1ccc(S(=O)(=O)N(C)C)cc1C(=O)Nc1nc(-c2ccc(Cl)cc2)cs1. The van der Waals surface area contributed by atoms with Crippen molar-refractivity contribution in [2.45, 2.75) is 11.8 Å². The Morgan fingerprint density at radius 2 is 1.82 bits per heavy atom. The summed E-state index contributed by atoms with van der Waals surface area (Å²) < 4.78 is 25.8. The minimum atomic E-state index is -3.63. The predicted molar refractivity (Wildman–Crippen MR) is 113 cm³/mol. The van der Waals surface area contributed by atoms with E-state index in [4.69, 9.17) is 11.6 Å². The number of nitrogens with one attached hydrogen (secondary N) is 1. The van der Waals surface area contributed by atoms with Crippen LogP contribution in [0.2, 0.25) is 5.02 Å². The fraction of sp³-hybridized carbons (Fsp3) is 0.158. The van der Waals surface area contributed by atoms with Crippen LogP contribution >= 0.6 is 22.9 Å². The van der Waals surface area contributed by atoms with Gasteiger partial charge in [-0.2, -0.15) is 0 Å². The van der Waals surface area contributed by atoms with Crippen molar-refractivity contribution >= 4 is 44.0 Å². The molecule has 1 aromatic heterocycles. The summed E-state index contributed by atoms with van der Waals surface area (Å²) in [6.07, 6.45) is 0. The summed E-state index contributed by atoms with van der Waals surface area (Å²) >= 11 is 7.19. The van der Waals surface area contributed by atoms with E-state index in [2.05, 4.69) is 10.3 Å². The first-order valence-corrected chi connectivity index (χ1v) is 10.9. The number of carbonyl (C=O) groups is 1. The van der Waals surface area contributed by atoms with Gasteiger partial charge in [0.1, 0.15) is 0 Å². The highest BCUT2D eigenvalue weighted by Gasteiger charge is 2.20. The Morgan fingerprint density at radius 3 is 2.46 bits per heavy atom. The van der Waals surface area contributed by atoms with E-state index in [1.165, 1.54) is 37.6 Å². The number of nitrogens with zero attached hydrogens (tertiary/aromatic N) is 2. The molecule has 0 saturated carbocycles. The van der Waals surface area contributed by atoms with Crippen molar-refractivity contribution in [1.29, 1.82) is 0 Å². The fourth-order valence-corrected chi connectivity index (χ4v) is 4.23. The van der Waals surface area contributed by atoms with Gasteiger partial charge in [-0.15, -0.1) is 11.3 Å². The Balaban J connectivity index is 1.85. The van der Waals surface area contributed by atoms with Crippen LogP contribution in [0.1, 0.15) is 15.9 Å². The molecule has 0 aliphatic rings. The Hall–Kier alpha value is -2.26. The molecular weight excluding hydrogens is 418 g/mol. The number of rotatable bonds is 5. The molecule has 0 unspecified atom stereocenters. The van der Waals surface area contributed by atoms with Gasteiger partial charge in [0.15, 0.2) is 5.13 Å². The van der Waals surface area contributed by atoms with Crippen LogP contribution in [0.25, 0.3) is 11.3 Å².